The number of carbonyl (C=O) groups is 1. The van der Waals surface area contributed by atoms with Gasteiger partial charge in [-0.3, -0.25) is 4.79 Å². The van der Waals surface area contributed by atoms with Crippen molar-refractivity contribution < 1.29 is 9.18 Å². The van der Waals surface area contributed by atoms with E-state index in [0.717, 1.165) is 16.2 Å². The van der Waals surface area contributed by atoms with Gasteiger partial charge in [-0.15, -0.1) is 0 Å². The van der Waals surface area contributed by atoms with E-state index in [4.69, 9.17) is 0 Å². The van der Waals surface area contributed by atoms with Gasteiger partial charge in [0.2, 0.25) is 0 Å². The van der Waals surface area contributed by atoms with E-state index in [0.29, 0.717) is 22.9 Å². The maximum atomic E-state index is 13.3. The second-order valence-electron chi connectivity index (χ2n) is 5.59. The number of aliphatic imine (C=N–C) groups is 2. The van der Waals surface area contributed by atoms with E-state index in [9.17, 15) is 9.18 Å². The van der Waals surface area contributed by atoms with Crippen LogP contribution >= 0.6 is 11.8 Å². The molecule has 3 rings (SSSR count). The summed E-state index contributed by atoms with van der Waals surface area (Å²) in [7, 11) is 3.96. The Bertz CT molecular complexity index is 886. The van der Waals surface area contributed by atoms with Crippen molar-refractivity contribution in [3.8, 4) is 0 Å². The van der Waals surface area contributed by atoms with Gasteiger partial charge in [-0.2, -0.15) is 0 Å². The monoisotopic (exact) mass is 353 g/mol. The smallest absolute Gasteiger partial charge is 0.193 e. The highest BCUT2D eigenvalue weighted by Gasteiger charge is 2.19. The van der Waals surface area contributed by atoms with E-state index >= 15 is 0 Å². The third-order valence-corrected chi connectivity index (χ3v) is 4.43. The van der Waals surface area contributed by atoms with Crippen molar-refractivity contribution in [1.29, 1.82) is 0 Å². The molecule has 6 heteroatoms. The summed E-state index contributed by atoms with van der Waals surface area (Å²) in [5, 5.41) is 0.420. The first-order valence-electron chi connectivity index (χ1n) is 7.60. The van der Waals surface area contributed by atoms with Crippen LogP contribution in [0.25, 0.3) is 6.08 Å². The number of anilines is 1. The molecule has 0 radical (unpaired) electrons. The average molecular weight is 353 g/mol. The van der Waals surface area contributed by atoms with Gasteiger partial charge in [0.25, 0.3) is 0 Å². The first-order valence-corrected chi connectivity index (χ1v) is 8.42. The van der Waals surface area contributed by atoms with Crippen LogP contribution in [0.3, 0.4) is 0 Å². The molecule has 25 heavy (non-hydrogen) atoms. The lowest BCUT2D eigenvalue weighted by atomic mass is 10.1. The summed E-state index contributed by atoms with van der Waals surface area (Å²) in [6.45, 7) is 0. The van der Waals surface area contributed by atoms with Crippen LogP contribution in [-0.2, 0) is 4.79 Å². The summed E-state index contributed by atoms with van der Waals surface area (Å²) in [6.07, 6.45) is 2.60. The van der Waals surface area contributed by atoms with Gasteiger partial charge in [-0.1, -0.05) is 18.2 Å². The van der Waals surface area contributed by atoms with Crippen LogP contribution in [0.2, 0.25) is 0 Å². The summed E-state index contributed by atoms with van der Waals surface area (Å²) in [4.78, 5) is 22.5. The minimum absolute atomic E-state index is 0.330. The molecule has 2 aromatic rings. The molecule has 0 saturated heterocycles. The van der Waals surface area contributed by atoms with E-state index in [2.05, 4.69) is 9.98 Å². The second kappa shape index (κ2) is 7.44. The molecule has 126 valence electrons. The number of rotatable bonds is 4. The normalized spacial score (nSPS) is 17.0. The lowest BCUT2D eigenvalue weighted by Gasteiger charge is -2.11. The van der Waals surface area contributed by atoms with Crippen molar-refractivity contribution >= 4 is 46.4 Å². The Hall–Kier alpha value is -2.73. The molecule has 0 fully saturated rings. The van der Waals surface area contributed by atoms with Crippen molar-refractivity contribution in [3.63, 3.8) is 0 Å². The summed E-state index contributed by atoms with van der Waals surface area (Å²) in [6, 6.07) is 13.9. The zero-order valence-corrected chi connectivity index (χ0v) is 14.6. The fourth-order valence-electron chi connectivity index (χ4n) is 2.24. The Labute approximate surface area is 149 Å². The Kier molecular flexibility index (Phi) is 5.09. The maximum absolute atomic E-state index is 13.3. The minimum Gasteiger partial charge on any atom is -0.378 e. The van der Waals surface area contributed by atoms with E-state index in [1.54, 1.807) is 12.1 Å². The zero-order valence-electron chi connectivity index (χ0n) is 13.8. The summed E-state index contributed by atoms with van der Waals surface area (Å²) >= 11 is 1.29. The second-order valence-corrected chi connectivity index (χ2v) is 6.59. The van der Waals surface area contributed by atoms with Gasteiger partial charge in [0.15, 0.2) is 11.5 Å². The number of carbonyl (C=O) groups excluding carboxylic acids is 1. The lowest BCUT2D eigenvalue weighted by molar-refractivity contribution is -0.102. The summed E-state index contributed by atoms with van der Waals surface area (Å²) < 4.78 is 13.3. The van der Waals surface area contributed by atoms with Gasteiger partial charge in [0.1, 0.15) is 11.5 Å². The molecular weight excluding hydrogens is 337 g/mol. The quantitative estimate of drug-likeness (QED) is 0.770. The molecule has 0 N–H and O–H groups in total. The summed E-state index contributed by atoms with van der Waals surface area (Å²) in [5.74, 6) is -0.360. The number of halogens is 1. The minimum atomic E-state index is -0.360. The van der Waals surface area contributed by atoms with Crippen molar-refractivity contribution in [2.24, 2.45) is 9.98 Å². The van der Waals surface area contributed by atoms with Gasteiger partial charge in [-0.05, 0) is 53.7 Å². The van der Waals surface area contributed by atoms with Crippen molar-refractivity contribution in [3.05, 3.63) is 64.8 Å². The van der Waals surface area contributed by atoms with Gasteiger partial charge >= 0.3 is 0 Å². The predicted octanol–water partition coefficient (Wildman–Crippen LogP) is 4.31. The molecule has 0 amide bonds. The summed E-state index contributed by atoms with van der Waals surface area (Å²) in [5.41, 5.74) is 2.86. The van der Waals surface area contributed by atoms with Crippen LogP contribution in [0, 0.1) is 5.82 Å². The van der Waals surface area contributed by atoms with Crippen LogP contribution < -0.4 is 4.90 Å². The molecule has 0 saturated carbocycles. The number of amidine groups is 1. The molecule has 1 heterocycles. The van der Waals surface area contributed by atoms with E-state index < -0.39 is 0 Å². The van der Waals surface area contributed by atoms with Crippen molar-refractivity contribution in [2.45, 2.75) is 0 Å². The molecule has 0 aromatic heterocycles. The van der Waals surface area contributed by atoms with Gasteiger partial charge in [0, 0.05) is 24.7 Å². The molecule has 1 aliphatic heterocycles. The SMILES string of the molecule is CN(C)c1ccc(C=C2SC(=Nc3cccc(F)c3)N=C2C=O)cc1. The number of thioether (sulfide) groups is 1. The highest BCUT2D eigenvalue weighted by Crippen LogP contribution is 2.31. The Balaban J connectivity index is 1.86. The largest absolute Gasteiger partial charge is 0.378 e. The number of allylic oxidation sites excluding steroid dienone is 1. The van der Waals surface area contributed by atoms with Crippen LogP contribution in [-0.4, -0.2) is 31.3 Å². The number of nitrogens with zero attached hydrogens (tertiary/aromatic N) is 3. The topological polar surface area (TPSA) is 45.0 Å². The third kappa shape index (κ3) is 4.22. The molecule has 1 aliphatic rings. The lowest BCUT2D eigenvalue weighted by Crippen LogP contribution is -2.07. The molecule has 4 nitrogen and oxygen atoms in total. The number of hydrogen-bond donors (Lipinski definition) is 0. The highest BCUT2D eigenvalue weighted by molar-refractivity contribution is 8.18. The molecule has 0 unspecified atom stereocenters. The fourth-order valence-corrected chi connectivity index (χ4v) is 3.13. The Morgan fingerprint density at radius 3 is 2.56 bits per heavy atom. The fraction of sp³-hybridized carbons (Fsp3) is 0.105. The first kappa shape index (κ1) is 17.1. The molecule has 0 atom stereocenters. The molecule has 2 aromatic carbocycles. The molecule has 0 aliphatic carbocycles. The number of hydrogen-bond acceptors (Lipinski definition) is 4. The highest BCUT2D eigenvalue weighted by atomic mass is 32.2. The maximum Gasteiger partial charge on any atom is 0.193 e. The van der Waals surface area contributed by atoms with Crippen molar-refractivity contribution in [2.75, 3.05) is 19.0 Å². The van der Waals surface area contributed by atoms with Gasteiger partial charge < -0.3 is 4.90 Å². The van der Waals surface area contributed by atoms with Crippen molar-refractivity contribution in [1.82, 2.24) is 0 Å². The standard InChI is InChI=1S/C19H16FN3OS/c1-23(2)16-8-6-13(7-9-16)10-18-17(12-24)22-19(25-18)21-15-5-3-4-14(20)11-15/h3-12H,1-2H3. The zero-order chi connectivity index (χ0) is 17.8. The molecule has 0 bridgehead atoms. The first-order chi connectivity index (χ1) is 12.0. The van der Waals surface area contributed by atoms with E-state index in [1.165, 1.54) is 23.9 Å². The van der Waals surface area contributed by atoms with Crippen LogP contribution in [0.4, 0.5) is 15.8 Å². The number of benzene rings is 2. The number of aldehydes is 1. The molecule has 0 spiro atoms. The Morgan fingerprint density at radius 2 is 1.92 bits per heavy atom. The van der Waals surface area contributed by atoms with Gasteiger partial charge in [0.05, 0.1) is 5.69 Å². The average Bonchev–Trinajstić information content (AvgIpc) is 2.96. The van der Waals surface area contributed by atoms with Crippen LogP contribution in [0.5, 0.6) is 0 Å². The third-order valence-electron chi connectivity index (χ3n) is 3.52. The van der Waals surface area contributed by atoms with E-state index in [-0.39, 0.29) is 5.82 Å². The molecular formula is C19H16FN3OS. The predicted molar refractivity (Wildman–Crippen MR) is 103 cm³/mol. The Morgan fingerprint density at radius 1 is 1.16 bits per heavy atom. The van der Waals surface area contributed by atoms with Gasteiger partial charge in [-0.25, -0.2) is 14.4 Å². The van der Waals surface area contributed by atoms with Crippen LogP contribution in [0.1, 0.15) is 5.56 Å². The van der Waals surface area contributed by atoms with E-state index in [1.807, 2.05) is 49.3 Å². The van der Waals surface area contributed by atoms with Crippen LogP contribution in [0.15, 0.2) is 63.4 Å².